The fourth-order valence-electron chi connectivity index (χ4n) is 2.19. The van der Waals surface area contributed by atoms with Crippen LogP contribution in [-0.4, -0.2) is 50.3 Å². The Bertz CT molecular complexity index is 152. The Hall–Kier alpha value is -0.120. The molecule has 1 rings (SSSR count). The van der Waals surface area contributed by atoms with E-state index in [1.807, 2.05) is 0 Å². The van der Waals surface area contributed by atoms with Crippen molar-refractivity contribution in [3.63, 3.8) is 0 Å². The van der Waals surface area contributed by atoms with Crippen molar-refractivity contribution in [1.29, 1.82) is 0 Å². The molecule has 2 atom stereocenters. The zero-order chi connectivity index (χ0) is 10.4. The Kier molecular flexibility index (Phi) is 5.45. The Morgan fingerprint density at radius 3 is 3.00 bits per heavy atom. The number of hydrogen-bond acceptors (Lipinski definition) is 3. The van der Waals surface area contributed by atoms with Crippen molar-refractivity contribution in [3.05, 3.63) is 0 Å². The van der Waals surface area contributed by atoms with Crippen LogP contribution in [0.5, 0.6) is 0 Å². The first-order chi connectivity index (χ1) is 6.79. The summed E-state index contributed by atoms with van der Waals surface area (Å²) in [7, 11) is 1.78. The summed E-state index contributed by atoms with van der Waals surface area (Å²) in [6.07, 6.45) is 2.39. The fraction of sp³-hybridized carbons (Fsp3) is 1.00. The number of piperazine rings is 1. The van der Waals surface area contributed by atoms with Crippen molar-refractivity contribution in [1.82, 2.24) is 10.2 Å². The van der Waals surface area contributed by atoms with E-state index in [1.54, 1.807) is 7.11 Å². The van der Waals surface area contributed by atoms with E-state index in [2.05, 4.69) is 24.1 Å². The lowest BCUT2D eigenvalue weighted by Crippen LogP contribution is -2.54. The van der Waals surface area contributed by atoms with E-state index in [0.717, 1.165) is 32.2 Å². The molecule has 14 heavy (non-hydrogen) atoms. The highest BCUT2D eigenvalue weighted by atomic mass is 16.5. The predicted octanol–water partition coefficient (Wildman–Crippen LogP) is 1.10. The molecule has 0 aromatic rings. The first-order valence-corrected chi connectivity index (χ1v) is 5.75. The lowest BCUT2D eigenvalue weighted by molar-refractivity contribution is 0.0845. The second kappa shape index (κ2) is 6.38. The molecule has 1 heterocycles. The van der Waals surface area contributed by atoms with Crippen LogP contribution in [0.25, 0.3) is 0 Å². The third-order valence-electron chi connectivity index (χ3n) is 3.17. The largest absolute Gasteiger partial charge is 0.385 e. The molecule has 0 amide bonds. The van der Waals surface area contributed by atoms with Crippen molar-refractivity contribution < 1.29 is 4.74 Å². The van der Waals surface area contributed by atoms with E-state index in [-0.39, 0.29) is 0 Å². The number of hydrogen-bond donors (Lipinski definition) is 1. The van der Waals surface area contributed by atoms with Crippen LogP contribution in [0.4, 0.5) is 0 Å². The Labute approximate surface area is 87.8 Å². The predicted molar refractivity (Wildman–Crippen MR) is 59.6 cm³/mol. The van der Waals surface area contributed by atoms with Crippen LogP contribution >= 0.6 is 0 Å². The van der Waals surface area contributed by atoms with Gasteiger partial charge in [0.1, 0.15) is 0 Å². The quantitative estimate of drug-likeness (QED) is 0.719. The molecule has 1 saturated heterocycles. The van der Waals surface area contributed by atoms with Crippen LogP contribution in [-0.2, 0) is 4.74 Å². The number of methoxy groups -OCH3 is 1. The van der Waals surface area contributed by atoms with E-state index in [4.69, 9.17) is 4.74 Å². The smallest absolute Gasteiger partial charge is 0.0477 e. The van der Waals surface area contributed by atoms with Crippen LogP contribution in [0.15, 0.2) is 0 Å². The summed E-state index contributed by atoms with van der Waals surface area (Å²) in [5, 5.41) is 3.45. The molecule has 1 aliphatic heterocycles. The topological polar surface area (TPSA) is 24.5 Å². The average Bonchev–Trinajstić information content (AvgIpc) is 2.25. The number of ether oxygens (including phenoxy) is 1. The molecule has 0 aromatic heterocycles. The van der Waals surface area contributed by atoms with Crippen molar-refractivity contribution in [3.8, 4) is 0 Å². The summed E-state index contributed by atoms with van der Waals surface area (Å²) < 4.78 is 5.13. The highest BCUT2D eigenvalue weighted by molar-refractivity contribution is 4.82. The zero-order valence-electron chi connectivity index (χ0n) is 9.75. The molecular formula is C11H24N2O. The number of nitrogens with zero attached hydrogens (tertiary/aromatic N) is 1. The van der Waals surface area contributed by atoms with Crippen molar-refractivity contribution in [2.45, 2.75) is 38.8 Å². The molecule has 0 aromatic carbocycles. The molecule has 3 heteroatoms. The van der Waals surface area contributed by atoms with Gasteiger partial charge in [-0.3, -0.25) is 4.90 Å². The van der Waals surface area contributed by atoms with Gasteiger partial charge in [-0.1, -0.05) is 6.92 Å². The molecule has 1 fully saturated rings. The molecule has 2 unspecified atom stereocenters. The van der Waals surface area contributed by atoms with E-state index in [1.165, 1.54) is 13.0 Å². The standard InChI is InChI=1S/C11H24N2O/c1-4-11-9-12-6-7-13(11)10(2)5-8-14-3/h10-12H,4-9H2,1-3H3. The summed E-state index contributed by atoms with van der Waals surface area (Å²) in [5.74, 6) is 0. The van der Waals surface area contributed by atoms with Gasteiger partial charge in [0.25, 0.3) is 0 Å². The first-order valence-electron chi connectivity index (χ1n) is 5.75. The van der Waals surface area contributed by atoms with Gasteiger partial charge in [0.2, 0.25) is 0 Å². The maximum atomic E-state index is 5.13. The minimum Gasteiger partial charge on any atom is -0.385 e. The van der Waals surface area contributed by atoms with Crippen LogP contribution < -0.4 is 5.32 Å². The lowest BCUT2D eigenvalue weighted by atomic mass is 10.1. The first kappa shape index (κ1) is 12.0. The van der Waals surface area contributed by atoms with Gasteiger partial charge in [0, 0.05) is 45.4 Å². The summed E-state index contributed by atoms with van der Waals surface area (Å²) in [5.41, 5.74) is 0. The normalized spacial score (nSPS) is 26.4. The number of rotatable bonds is 5. The molecule has 3 nitrogen and oxygen atoms in total. The molecule has 0 aliphatic carbocycles. The Balaban J connectivity index is 2.37. The highest BCUT2D eigenvalue weighted by Crippen LogP contribution is 2.13. The van der Waals surface area contributed by atoms with Crippen LogP contribution in [0.1, 0.15) is 26.7 Å². The highest BCUT2D eigenvalue weighted by Gasteiger charge is 2.24. The minimum absolute atomic E-state index is 0.655. The van der Waals surface area contributed by atoms with Gasteiger partial charge in [-0.2, -0.15) is 0 Å². The summed E-state index contributed by atoms with van der Waals surface area (Å²) in [6.45, 7) is 8.92. The van der Waals surface area contributed by atoms with Crippen LogP contribution in [0, 0.1) is 0 Å². The molecular weight excluding hydrogens is 176 g/mol. The maximum absolute atomic E-state index is 5.13. The SMILES string of the molecule is CCC1CNCCN1C(C)CCOC. The Morgan fingerprint density at radius 1 is 1.57 bits per heavy atom. The van der Waals surface area contributed by atoms with Crippen molar-refractivity contribution in [2.24, 2.45) is 0 Å². The van der Waals surface area contributed by atoms with E-state index >= 15 is 0 Å². The van der Waals surface area contributed by atoms with Crippen molar-refractivity contribution >= 4 is 0 Å². The van der Waals surface area contributed by atoms with E-state index < -0.39 is 0 Å². The van der Waals surface area contributed by atoms with E-state index in [9.17, 15) is 0 Å². The Morgan fingerprint density at radius 2 is 2.36 bits per heavy atom. The summed E-state index contributed by atoms with van der Waals surface area (Å²) in [4.78, 5) is 2.62. The molecule has 1 aliphatic rings. The molecule has 0 saturated carbocycles. The van der Waals surface area contributed by atoms with Gasteiger partial charge in [-0.15, -0.1) is 0 Å². The summed E-state index contributed by atoms with van der Waals surface area (Å²) >= 11 is 0. The van der Waals surface area contributed by atoms with Gasteiger partial charge in [-0.05, 0) is 19.8 Å². The average molecular weight is 200 g/mol. The van der Waals surface area contributed by atoms with Gasteiger partial charge in [-0.25, -0.2) is 0 Å². The van der Waals surface area contributed by atoms with Gasteiger partial charge in [0.05, 0.1) is 0 Å². The molecule has 84 valence electrons. The third kappa shape index (κ3) is 3.23. The third-order valence-corrected chi connectivity index (χ3v) is 3.17. The van der Waals surface area contributed by atoms with Crippen LogP contribution in [0.3, 0.4) is 0 Å². The summed E-state index contributed by atoms with van der Waals surface area (Å²) in [6, 6.07) is 1.37. The van der Waals surface area contributed by atoms with E-state index in [0.29, 0.717) is 6.04 Å². The molecule has 0 radical (unpaired) electrons. The van der Waals surface area contributed by atoms with Gasteiger partial charge >= 0.3 is 0 Å². The number of nitrogens with one attached hydrogen (secondary N) is 1. The van der Waals surface area contributed by atoms with Gasteiger partial charge in [0.15, 0.2) is 0 Å². The molecule has 1 N–H and O–H groups in total. The fourth-order valence-corrected chi connectivity index (χ4v) is 2.19. The monoisotopic (exact) mass is 200 g/mol. The molecule has 0 bridgehead atoms. The minimum atomic E-state index is 0.655. The zero-order valence-corrected chi connectivity index (χ0v) is 9.75. The van der Waals surface area contributed by atoms with Crippen LogP contribution in [0.2, 0.25) is 0 Å². The lowest BCUT2D eigenvalue weighted by Gasteiger charge is -2.39. The maximum Gasteiger partial charge on any atom is 0.0477 e. The van der Waals surface area contributed by atoms with Crippen molar-refractivity contribution in [2.75, 3.05) is 33.4 Å². The molecule has 0 spiro atoms. The second-order valence-corrected chi connectivity index (χ2v) is 4.13. The van der Waals surface area contributed by atoms with Gasteiger partial charge < -0.3 is 10.1 Å². The second-order valence-electron chi connectivity index (χ2n) is 4.13.